The van der Waals surface area contributed by atoms with Gasteiger partial charge in [0.15, 0.2) is 0 Å². The second-order valence-electron chi connectivity index (χ2n) is 4.24. The standard InChI is InChI=1S/C10H19O3Si2/c1-9(13-15(2,3)4)8-10(11)12-6-5-7-14/h8H,5-7H2,1-4H3/b9-8-. The molecule has 0 spiro atoms. The molecule has 0 N–H and O–H groups in total. The van der Waals surface area contributed by atoms with Gasteiger partial charge in [-0.05, 0) is 33.0 Å². The molecule has 3 nitrogen and oxygen atoms in total. The number of carbonyl (C=O) groups is 1. The topological polar surface area (TPSA) is 35.5 Å². The average Bonchev–Trinajstić information content (AvgIpc) is 2.00. The van der Waals surface area contributed by atoms with Crippen molar-refractivity contribution in [2.45, 2.75) is 39.0 Å². The van der Waals surface area contributed by atoms with E-state index in [1.165, 1.54) is 6.08 Å². The molecule has 0 amide bonds. The Hall–Kier alpha value is -0.556. The zero-order chi connectivity index (χ0) is 11.9. The first-order valence-corrected chi connectivity index (χ1v) is 9.15. The van der Waals surface area contributed by atoms with E-state index in [1.807, 2.05) is 0 Å². The molecule has 0 fully saturated rings. The Balaban J connectivity index is 3.96. The van der Waals surface area contributed by atoms with Gasteiger partial charge in [-0.25, -0.2) is 4.79 Å². The third-order valence-corrected chi connectivity index (χ3v) is 2.64. The minimum absolute atomic E-state index is 0.328. The maximum Gasteiger partial charge on any atom is 0.334 e. The van der Waals surface area contributed by atoms with Gasteiger partial charge in [-0.15, -0.1) is 0 Å². The van der Waals surface area contributed by atoms with Gasteiger partial charge in [-0.3, -0.25) is 0 Å². The van der Waals surface area contributed by atoms with Crippen LogP contribution in [0.1, 0.15) is 13.3 Å². The predicted octanol–water partition coefficient (Wildman–Crippen LogP) is 2.26. The predicted molar refractivity (Wildman–Crippen MR) is 64.3 cm³/mol. The van der Waals surface area contributed by atoms with Gasteiger partial charge in [0.25, 0.3) is 0 Å². The lowest BCUT2D eigenvalue weighted by atomic mass is 10.5. The van der Waals surface area contributed by atoms with E-state index in [2.05, 4.69) is 29.9 Å². The Morgan fingerprint density at radius 1 is 1.40 bits per heavy atom. The summed E-state index contributed by atoms with van der Waals surface area (Å²) in [6.07, 6.45) is 2.23. The van der Waals surface area contributed by atoms with Gasteiger partial charge >= 0.3 is 5.97 Å². The first kappa shape index (κ1) is 14.4. The van der Waals surface area contributed by atoms with Gasteiger partial charge in [-0.2, -0.15) is 0 Å². The van der Waals surface area contributed by atoms with Gasteiger partial charge in [-0.1, -0.05) is 6.04 Å². The molecule has 0 aliphatic heterocycles. The van der Waals surface area contributed by atoms with Gasteiger partial charge < -0.3 is 9.16 Å². The van der Waals surface area contributed by atoms with Crippen molar-refractivity contribution in [3.63, 3.8) is 0 Å². The van der Waals surface area contributed by atoms with Crippen LogP contribution >= 0.6 is 0 Å². The maximum absolute atomic E-state index is 11.2. The summed E-state index contributed by atoms with van der Waals surface area (Å²) in [5, 5.41) is 0. The summed E-state index contributed by atoms with van der Waals surface area (Å²) >= 11 is 0. The van der Waals surface area contributed by atoms with E-state index in [1.54, 1.807) is 6.92 Å². The van der Waals surface area contributed by atoms with Crippen LogP contribution in [0.5, 0.6) is 0 Å². The summed E-state index contributed by atoms with van der Waals surface area (Å²) in [5.74, 6) is 0.309. The third-order valence-electron chi connectivity index (χ3n) is 1.35. The molecule has 0 aromatic heterocycles. The number of hydrogen-bond donors (Lipinski definition) is 0. The van der Waals surface area contributed by atoms with Gasteiger partial charge in [0.1, 0.15) is 0 Å². The van der Waals surface area contributed by atoms with E-state index in [9.17, 15) is 4.79 Å². The van der Waals surface area contributed by atoms with Crippen molar-refractivity contribution in [3.05, 3.63) is 11.8 Å². The van der Waals surface area contributed by atoms with Crippen LogP contribution in [0, 0.1) is 0 Å². The highest BCUT2D eigenvalue weighted by Gasteiger charge is 2.16. The molecule has 15 heavy (non-hydrogen) atoms. The molecule has 0 unspecified atom stereocenters. The fraction of sp³-hybridized carbons (Fsp3) is 0.700. The lowest BCUT2D eigenvalue weighted by Gasteiger charge is -2.19. The molecule has 0 aromatic rings. The SMILES string of the molecule is C/C(=C/C(=O)OCCC[Si])O[Si](C)(C)C. The molecule has 0 rings (SSSR count). The molecule has 85 valence electrons. The van der Waals surface area contributed by atoms with Crippen molar-refractivity contribution in [1.82, 2.24) is 0 Å². The smallest absolute Gasteiger partial charge is 0.334 e. The van der Waals surface area contributed by atoms with Crippen molar-refractivity contribution in [2.24, 2.45) is 0 Å². The van der Waals surface area contributed by atoms with Crippen molar-refractivity contribution in [1.29, 1.82) is 0 Å². The maximum atomic E-state index is 11.2. The zero-order valence-corrected chi connectivity index (χ0v) is 11.9. The molecule has 0 saturated carbocycles. The second-order valence-corrected chi connectivity index (χ2v) is 9.17. The Kier molecular flexibility index (Phi) is 6.59. The molecule has 0 atom stereocenters. The number of allylic oxidation sites excluding steroid dienone is 1. The van der Waals surface area contributed by atoms with Crippen LogP contribution in [0.4, 0.5) is 0 Å². The van der Waals surface area contributed by atoms with Crippen LogP contribution in [-0.2, 0) is 14.0 Å². The second kappa shape index (κ2) is 6.84. The number of carbonyl (C=O) groups excluding carboxylic acids is 1. The largest absolute Gasteiger partial charge is 0.547 e. The Morgan fingerprint density at radius 2 is 2.00 bits per heavy atom. The van der Waals surface area contributed by atoms with Gasteiger partial charge in [0.05, 0.1) is 18.4 Å². The van der Waals surface area contributed by atoms with E-state index in [4.69, 9.17) is 9.16 Å². The van der Waals surface area contributed by atoms with Crippen LogP contribution < -0.4 is 0 Å². The third kappa shape index (κ3) is 9.74. The minimum atomic E-state index is -1.61. The average molecular weight is 243 g/mol. The number of rotatable bonds is 6. The molecule has 3 radical (unpaired) electrons. The van der Waals surface area contributed by atoms with Crippen molar-refractivity contribution < 1.29 is 14.0 Å². The number of ether oxygens (including phenoxy) is 1. The Labute approximate surface area is 96.4 Å². The molecular formula is C10H19O3Si2. The fourth-order valence-corrected chi connectivity index (χ4v) is 2.13. The molecule has 0 heterocycles. The molecule has 5 heteroatoms. The molecule has 0 saturated heterocycles. The van der Waals surface area contributed by atoms with Crippen LogP contribution in [-0.4, -0.2) is 31.1 Å². The van der Waals surface area contributed by atoms with E-state index < -0.39 is 8.32 Å². The minimum Gasteiger partial charge on any atom is -0.547 e. The molecule has 0 aliphatic carbocycles. The zero-order valence-electron chi connectivity index (χ0n) is 9.92. The molecular weight excluding hydrogens is 224 g/mol. The summed E-state index contributed by atoms with van der Waals surface area (Å²) in [7, 11) is 1.70. The summed E-state index contributed by atoms with van der Waals surface area (Å²) in [5.41, 5.74) is 0. The van der Waals surface area contributed by atoms with E-state index in [0.717, 1.165) is 12.5 Å². The molecule has 0 bridgehead atoms. The van der Waals surface area contributed by atoms with Crippen LogP contribution in [0.3, 0.4) is 0 Å². The monoisotopic (exact) mass is 243 g/mol. The van der Waals surface area contributed by atoms with Crippen molar-refractivity contribution in [3.8, 4) is 0 Å². The van der Waals surface area contributed by atoms with E-state index >= 15 is 0 Å². The number of hydrogen-bond acceptors (Lipinski definition) is 3. The highest BCUT2D eigenvalue weighted by atomic mass is 28.4. The Bertz CT molecular complexity index is 231. The van der Waals surface area contributed by atoms with Crippen molar-refractivity contribution >= 4 is 24.5 Å². The van der Waals surface area contributed by atoms with Crippen molar-refractivity contribution in [2.75, 3.05) is 6.61 Å². The number of esters is 1. The lowest BCUT2D eigenvalue weighted by molar-refractivity contribution is -0.137. The first-order chi connectivity index (χ1) is 6.85. The van der Waals surface area contributed by atoms with Gasteiger partial charge in [0, 0.05) is 10.2 Å². The fourth-order valence-electron chi connectivity index (χ4n) is 0.965. The molecule has 0 aromatic carbocycles. The highest BCUT2D eigenvalue weighted by Crippen LogP contribution is 2.09. The summed E-state index contributed by atoms with van der Waals surface area (Å²) < 4.78 is 10.6. The summed E-state index contributed by atoms with van der Waals surface area (Å²) in [6.45, 7) is 8.43. The van der Waals surface area contributed by atoms with Crippen LogP contribution in [0.2, 0.25) is 25.7 Å². The van der Waals surface area contributed by atoms with E-state index in [-0.39, 0.29) is 5.97 Å². The quantitative estimate of drug-likeness (QED) is 0.236. The van der Waals surface area contributed by atoms with E-state index in [0.29, 0.717) is 12.4 Å². The molecule has 0 aliphatic rings. The summed E-state index contributed by atoms with van der Waals surface area (Å²) in [6, 6.07) is 0.835. The lowest BCUT2D eigenvalue weighted by Crippen LogP contribution is -2.24. The highest BCUT2D eigenvalue weighted by molar-refractivity contribution is 6.70. The van der Waals surface area contributed by atoms with Gasteiger partial charge in [0.2, 0.25) is 8.32 Å². The normalized spacial score (nSPS) is 12.5. The van der Waals surface area contributed by atoms with Crippen LogP contribution in [0.25, 0.3) is 0 Å². The first-order valence-electron chi connectivity index (χ1n) is 5.04. The van der Waals surface area contributed by atoms with Crippen LogP contribution in [0.15, 0.2) is 11.8 Å². The summed E-state index contributed by atoms with van der Waals surface area (Å²) in [4.78, 5) is 11.2. The Morgan fingerprint density at radius 3 is 2.47 bits per heavy atom.